The maximum atomic E-state index is 13.2. The Kier molecular flexibility index (Phi) is 3.28. The van der Waals surface area contributed by atoms with Crippen molar-refractivity contribution in [3.63, 3.8) is 0 Å². The fourth-order valence-corrected chi connectivity index (χ4v) is 2.05. The number of nitrogens with zero attached hydrogens (tertiary/aromatic N) is 1. The van der Waals surface area contributed by atoms with E-state index < -0.39 is 0 Å². The molecule has 0 aliphatic carbocycles. The largest absolute Gasteiger partial charge is 0.399 e. The van der Waals surface area contributed by atoms with Crippen molar-refractivity contribution in [1.29, 1.82) is 0 Å². The summed E-state index contributed by atoms with van der Waals surface area (Å²) in [6.07, 6.45) is 0. The van der Waals surface area contributed by atoms with Gasteiger partial charge in [-0.15, -0.1) is 0 Å². The van der Waals surface area contributed by atoms with Crippen LogP contribution in [0.25, 0.3) is 0 Å². The van der Waals surface area contributed by atoms with Crippen molar-refractivity contribution in [1.82, 2.24) is 10.2 Å². The molecule has 1 saturated heterocycles. The van der Waals surface area contributed by atoms with Crippen molar-refractivity contribution < 1.29 is 9.18 Å². The molecule has 5 heteroatoms. The van der Waals surface area contributed by atoms with Gasteiger partial charge in [0.05, 0.1) is 6.04 Å². The molecule has 0 bridgehead atoms. The second-order valence-electron chi connectivity index (χ2n) is 4.33. The van der Waals surface area contributed by atoms with Crippen LogP contribution >= 0.6 is 0 Å². The van der Waals surface area contributed by atoms with Gasteiger partial charge in [0.2, 0.25) is 5.91 Å². The van der Waals surface area contributed by atoms with Crippen molar-refractivity contribution in [3.8, 4) is 0 Å². The number of halogens is 1. The SMILES string of the molecule is CC1C(=O)NCCN1Cc1cc(N)cc(F)c1. The standard InChI is InChI=1S/C12H16FN3O/c1-8-12(17)15-2-3-16(8)7-9-4-10(13)6-11(14)5-9/h4-6,8H,2-3,7,14H2,1H3,(H,15,17). The van der Waals surface area contributed by atoms with Crippen LogP contribution in [-0.4, -0.2) is 29.9 Å². The Morgan fingerprint density at radius 2 is 2.29 bits per heavy atom. The molecule has 2 rings (SSSR count). The summed E-state index contributed by atoms with van der Waals surface area (Å²) >= 11 is 0. The summed E-state index contributed by atoms with van der Waals surface area (Å²) in [4.78, 5) is 13.5. The van der Waals surface area contributed by atoms with Crippen LogP contribution in [-0.2, 0) is 11.3 Å². The van der Waals surface area contributed by atoms with Crippen molar-refractivity contribution in [2.45, 2.75) is 19.5 Å². The van der Waals surface area contributed by atoms with Crippen molar-refractivity contribution in [2.24, 2.45) is 0 Å². The number of rotatable bonds is 2. The second-order valence-corrected chi connectivity index (χ2v) is 4.33. The molecule has 1 amide bonds. The van der Waals surface area contributed by atoms with Crippen molar-refractivity contribution >= 4 is 11.6 Å². The van der Waals surface area contributed by atoms with Gasteiger partial charge in [0, 0.05) is 25.3 Å². The summed E-state index contributed by atoms with van der Waals surface area (Å²) in [6, 6.07) is 4.29. The summed E-state index contributed by atoms with van der Waals surface area (Å²) < 4.78 is 13.2. The van der Waals surface area contributed by atoms with E-state index in [0.29, 0.717) is 18.8 Å². The monoisotopic (exact) mass is 237 g/mol. The summed E-state index contributed by atoms with van der Waals surface area (Å²) in [6.45, 7) is 3.78. The lowest BCUT2D eigenvalue weighted by Crippen LogP contribution is -2.53. The van der Waals surface area contributed by atoms with E-state index in [0.717, 1.165) is 12.1 Å². The third kappa shape index (κ3) is 2.74. The van der Waals surface area contributed by atoms with Crippen LogP contribution in [0.4, 0.5) is 10.1 Å². The van der Waals surface area contributed by atoms with E-state index in [1.165, 1.54) is 12.1 Å². The Morgan fingerprint density at radius 1 is 1.53 bits per heavy atom. The lowest BCUT2D eigenvalue weighted by atomic mass is 10.1. The molecule has 0 saturated carbocycles. The predicted molar refractivity (Wildman–Crippen MR) is 63.7 cm³/mol. The van der Waals surface area contributed by atoms with E-state index in [9.17, 15) is 9.18 Å². The van der Waals surface area contributed by atoms with E-state index in [2.05, 4.69) is 5.32 Å². The average molecular weight is 237 g/mol. The maximum Gasteiger partial charge on any atom is 0.237 e. The van der Waals surface area contributed by atoms with Gasteiger partial charge in [0.25, 0.3) is 0 Å². The molecule has 1 aromatic rings. The van der Waals surface area contributed by atoms with Crippen LogP contribution in [0.15, 0.2) is 18.2 Å². The number of hydrogen-bond donors (Lipinski definition) is 2. The Bertz CT molecular complexity index is 416. The topological polar surface area (TPSA) is 58.4 Å². The zero-order valence-electron chi connectivity index (χ0n) is 9.74. The molecular weight excluding hydrogens is 221 g/mol. The molecule has 1 aliphatic rings. The number of hydrogen-bond acceptors (Lipinski definition) is 3. The van der Waals surface area contributed by atoms with Gasteiger partial charge in [0.15, 0.2) is 0 Å². The Hall–Kier alpha value is -1.62. The van der Waals surface area contributed by atoms with Crippen molar-refractivity contribution in [2.75, 3.05) is 18.8 Å². The number of nitrogens with one attached hydrogen (secondary N) is 1. The number of piperazine rings is 1. The van der Waals surface area contributed by atoms with E-state index >= 15 is 0 Å². The maximum absolute atomic E-state index is 13.2. The van der Waals surface area contributed by atoms with Gasteiger partial charge in [0.1, 0.15) is 5.82 Å². The Labute approximate surface area is 99.6 Å². The van der Waals surface area contributed by atoms with Crippen LogP contribution in [0.5, 0.6) is 0 Å². The summed E-state index contributed by atoms with van der Waals surface area (Å²) in [7, 11) is 0. The number of carbonyl (C=O) groups excluding carboxylic acids is 1. The quantitative estimate of drug-likeness (QED) is 0.745. The molecule has 1 unspecified atom stereocenters. The minimum atomic E-state index is -0.339. The fraction of sp³-hybridized carbons (Fsp3) is 0.417. The van der Waals surface area contributed by atoms with Gasteiger partial charge >= 0.3 is 0 Å². The molecule has 4 nitrogen and oxygen atoms in total. The zero-order chi connectivity index (χ0) is 12.4. The molecule has 1 atom stereocenters. The van der Waals surface area contributed by atoms with Crippen LogP contribution in [0.3, 0.4) is 0 Å². The molecule has 1 aliphatic heterocycles. The van der Waals surface area contributed by atoms with Gasteiger partial charge in [-0.2, -0.15) is 0 Å². The van der Waals surface area contributed by atoms with Crippen LogP contribution in [0, 0.1) is 5.82 Å². The first-order chi connectivity index (χ1) is 8.06. The van der Waals surface area contributed by atoms with E-state index in [1.54, 1.807) is 6.07 Å². The number of benzene rings is 1. The molecule has 92 valence electrons. The summed E-state index contributed by atoms with van der Waals surface area (Å²) in [5.41, 5.74) is 6.80. The molecule has 3 N–H and O–H groups in total. The first-order valence-corrected chi connectivity index (χ1v) is 5.63. The molecule has 0 aromatic heterocycles. The molecule has 1 heterocycles. The minimum Gasteiger partial charge on any atom is -0.399 e. The average Bonchev–Trinajstić information content (AvgIpc) is 2.23. The van der Waals surface area contributed by atoms with Crippen LogP contribution < -0.4 is 11.1 Å². The highest BCUT2D eigenvalue weighted by Crippen LogP contribution is 2.15. The molecule has 1 fully saturated rings. The lowest BCUT2D eigenvalue weighted by molar-refractivity contribution is -0.128. The molecule has 0 spiro atoms. The van der Waals surface area contributed by atoms with Crippen molar-refractivity contribution in [3.05, 3.63) is 29.6 Å². The minimum absolute atomic E-state index is 0.0145. The van der Waals surface area contributed by atoms with Crippen LogP contribution in [0.2, 0.25) is 0 Å². The molecular formula is C12H16FN3O. The van der Waals surface area contributed by atoms with Gasteiger partial charge < -0.3 is 11.1 Å². The highest BCUT2D eigenvalue weighted by Gasteiger charge is 2.25. The summed E-state index contributed by atoms with van der Waals surface area (Å²) in [5.74, 6) is -0.324. The van der Waals surface area contributed by atoms with Gasteiger partial charge in [-0.25, -0.2) is 4.39 Å². The Morgan fingerprint density at radius 3 is 3.00 bits per heavy atom. The number of nitrogen functional groups attached to an aromatic ring is 1. The summed E-state index contributed by atoms with van der Waals surface area (Å²) in [5, 5.41) is 2.79. The third-order valence-electron chi connectivity index (χ3n) is 2.99. The first kappa shape index (κ1) is 11.9. The number of anilines is 1. The number of amides is 1. The molecule has 17 heavy (non-hydrogen) atoms. The van der Waals surface area contributed by atoms with Gasteiger partial charge in [-0.1, -0.05) is 0 Å². The number of carbonyl (C=O) groups is 1. The zero-order valence-corrected chi connectivity index (χ0v) is 9.74. The number of nitrogens with two attached hydrogens (primary N) is 1. The highest BCUT2D eigenvalue weighted by molar-refractivity contribution is 5.81. The normalized spacial score (nSPS) is 21.3. The van der Waals surface area contributed by atoms with E-state index in [-0.39, 0.29) is 17.8 Å². The molecule has 0 radical (unpaired) electrons. The van der Waals surface area contributed by atoms with Crippen LogP contribution in [0.1, 0.15) is 12.5 Å². The first-order valence-electron chi connectivity index (χ1n) is 5.63. The van der Waals surface area contributed by atoms with E-state index in [1.807, 2.05) is 11.8 Å². The Balaban J connectivity index is 2.11. The lowest BCUT2D eigenvalue weighted by Gasteiger charge is -2.32. The third-order valence-corrected chi connectivity index (χ3v) is 2.99. The smallest absolute Gasteiger partial charge is 0.237 e. The van der Waals surface area contributed by atoms with E-state index in [4.69, 9.17) is 5.73 Å². The van der Waals surface area contributed by atoms with Gasteiger partial charge in [-0.05, 0) is 30.7 Å². The molecule has 1 aromatic carbocycles. The predicted octanol–water partition coefficient (Wildman–Crippen LogP) is 0.728. The fourth-order valence-electron chi connectivity index (χ4n) is 2.05. The second kappa shape index (κ2) is 4.71. The highest BCUT2D eigenvalue weighted by atomic mass is 19.1. The van der Waals surface area contributed by atoms with Gasteiger partial charge in [-0.3, -0.25) is 9.69 Å².